The zero-order valence-corrected chi connectivity index (χ0v) is 63.8. The van der Waals surface area contributed by atoms with E-state index in [9.17, 15) is 0 Å². The maximum atomic E-state index is 8.21. The van der Waals surface area contributed by atoms with Crippen LogP contribution in [0.25, 0.3) is 237 Å². The van der Waals surface area contributed by atoms with Crippen molar-refractivity contribution >= 4 is 104 Å². The van der Waals surface area contributed by atoms with Gasteiger partial charge in [-0.05, 0) is 229 Å². The van der Waals surface area contributed by atoms with Crippen molar-refractivity contribution in [1.29, 1.82) is 0 Å². The lowest BCUT2D eigenvalue weighted by Crippen LogP contribution is -2.02. The lowest BCUT2D eigenvalue weighted by atomic mass is 9.98. The summed E-state index contributed by atoms with van der Waals surface area (Å²) in [6, 6.07) is 149. The minimum atomic E-state index is 0.523. The maximum Gasteiger partial charge on any atom is 0.187 e. The lowest BCUT2D eigenvalue weighted by Gasteiger charge is -2.18. The first-order chi connectivity index (χ1) is 58.4. The van der Waals surface area contributed by atoms with Crippen molar-refractivity contribution in [2.24, 2.45) is 0 Å². The fourth-order valence-corrected chi connectivity index (χ4v) is 19.0. The van der Waals surface area contributed by atoms with E-state index in [0.29, 0.717) is 11.5 Å². The molecule has 1 aliphatic carbocycles. The normalized spacial score (nSPS) is 11.9. The second-order valence-electron chi connectivity index (χ2n) is 31.1. The molecule has 0 unspecified atom stereocenters. The van der Waals surface area contributed by atoms with E-state index in [2.05, 4.69) is 405 Å². The van der Waals surface area contributed by atoms with Crippen LogP contribution in [0.3, 0.4) is 0 Å². The van der Waals surface area contributed by atoms with Gasteiger partial charge >= 0.3 is 0 Å². The molecule has 0 saturated carbocycles. The van der Waals surface area contributed by atoms with E-state index >= 15 is 0 Å². The molecule has 0 N–H and O–H groups in total. The molecule has 7 nitrogen and oxygen atoms in total. The number of nitrogens with zero attached hydrogens (tertiary/aromatic N) is 7. The van der Waals surface area contributed by atoms with E-state index in [1.54, 1.807) is 0 Å². The van der Waals surface area contributed by atoms with Crippen molar-refractivity contribution in [2.45, 2.75) is 0 Å². The summed E-state index contributed by atoms with van der Waals surface area (Å²) in [6.45, 7) is 8.21. The largest absolute Gasteiger partial charge is 0.309 e. The highest BCUT2D eigenvalue weighted by Crippen LogP contribution is 2.52. The van der Waals surface area contributed by atoms with Gasteiger partial charge in [0, 0.05) is 88.1 Å². The smallest absolute Gasteiger partial charge is 0.187 e. The Kier molecular flexibility index (Phi) is 15.0. The molecule has 7 heteroatoms. The number of para-hydroxylation sites is 2. The zero-order chi connectivity index (χ0) is 77.6. The van der Waals surface area contributed by atoms with Crippen LogP contribution in [0.15, 0.2) is 406 Å². The Labute approximate surface area is 679 Å². The number of fused-ring (bicyclic) bond motifs is 15. The van der Waals surface area contributed by atoms with Gasteiger partial charge in [-0.15, -0.1) is 0 Å². The van der Waals surface area contributed by atoms with Crippen molar-refractivity contribution in [3.05, 3.63) is 418 Å². The summed E-state index contributed by atoms with van der Waals surface area (Å²) in [5.74, 6) is 0.547. The predicted octanol–water partition coefficient (Wildman–Crippen LogP) is 29.6. The number of hydrogen-bond acceptors (Lipinski definition) is 2. The van der Waals surface area contributed by atoms with Crippen molar-refractivity contribution in [3.8, 4) is 135 Å². The average Bonchev–Trinajstić information content (AvgIpc) is 1.62. The van der Waals surface area contributed by atoms with E-state index < -0.39 is 0 Å². The second kappa shape index (κ2) is 26.6. The van der Waals surface area contributed by atoms with Crippen LogP contribution in [0.4, 0.5) is 5.69 Å². The molecule has 0 spiro atoms. The Morgan fingerprint density at radius 1 is 0.203 bits per heavy atom. The highest BCUT2D eigenvalue weighted by molar-refractivity contribution is 6.19. The molecular formula is C111H67N7. The minimum Gasteiger partial charge on any atom is -0.309 e. The van der Waals surface area contributed by atoms with Crippen LogP contribution in [-0.4, -0.2) is 28.2 Å². The first-order valence-electron chi connectivity index (χ1n) is 40.2. The molecule has 0 saturated heterocycles. The van der Waals surface area contributed by atoms with Gasteiger partial charge in [-0.1, -0.05) is 261 Å². The highest BCUT2D eigenvalue weighted by Gasteiger charge is 2.31. The summed E-state index contributed by atoms with van der Waals surface area (Å²) in [4.78, 5) is 15.3. The fourth-order valence-electron chi connectivity index (χ4n) is 19.0. The maximum absolute atomic E-state index is 8.21. The molecule has 1 aliphatic rings. The molecule has 0 aliphatic heterocycles. The Hall–Kier alpha value is -16.0. The van der Waals surface area contributed by atoms with Crippen LogP contribution in [0.2, 0.25) is 0 Å². The SMILES string of the molecule is [C-]#[N+]c1cccc(-c2nc(-c3cc(-n4c5ccc(-c6ccccc6)cc5c5cc(-c6ccc7c(c6)c6cc(-c8ccccc8)ccc6n7-c6ccccc6)ccc54)cc(-n4c5ccc(-c6ccccc6)cc5c5cc(-c6ccc7c(c6)c6cc(-c8ccccc8)ccc6n7-c6ccccc6)ccc54)c3)c3c(n2)-c2cccc4cccc-3c24)c1. The van der Waals surface area contributed by atoms with Crippen LogP contribution in [-0.2, 0) is 0 Å². The minimum absolute atomic E-state index is 0.523. The van der Waals surface area contributed by atoms with Gasteiger partial charge in [0.1, 0.15) is 0 Å². The first-order valence-corrected chi connectivity index (χ1v) is 40.2. The number of hydrogen-bond donors (Lipinski definition) is 0. The molecule has 5 aromatic heterocycles. The number of rotatable bonds is 12. The van der Waals surface area contributed by atoms with Crippen molar-refractivity contribution in [3.63, 3.8) is 0 Å². The monoisotopic (exact) mass is 1500 g/mol. The second-order valence-corrected chi connectivity index (χ2v) is 31.1. The highest BCUT2D eigenvalue weighted by atomic mass is 15.0. The third-order valence-corrected chi connectivity index (χ3v) is 24.4. The summed E-state index contributed by atoms with van der Waals surface area (Å²) >= 11 is 0. The topological polar surface area (TPSA) is 49.9 Å². The van der Waals surface area contributed by atoms with Crippen LogP contribution in [0.5, 0.6) is 0 Å². The van der Waals surface area contributed by atoms with Gasteiger partial charge < -0.3 is 18.3 Å². The molecule has 546 valence electrons. The van der Waals surface area contributed by atoms with Gasteiger partial charge in [-0.25, -0.2) is 14.8 Å². The van der Waals surface area contributed by atoms with Crippen LogP contribution in [0.1, 0.15) is 0 Å². The summed E-state index contributed by atoms with van der Waals surface area (Å²) < 4.78 is 9.79. The molecular weight excluding hydrogens is 1430 g/mol. The Morgan fingerprint density at radius 3 is 0.831 bits per heavy atom. The number of aromatic nitrogens is 6. The van der Waals surface area contributed by atoms with Gasteiger partial charge in [0.15, 0.2) is 11.5 Å². The Morgan fingerprint density at radius 2 is 0.492 bits per heavy atom. The predicted molar refractivity (Wildman–Crippen MR) is 491 cm³/mol. The van der Waals surface area contributed by atoms with E-state index in [0.717, 1.165) is 183 Å². The zero-order valence-electron chi connectivity index (χ0n) is 63.8. The van der Waals surface area contributed by atoms with E-state index in [1.807, 2.05) is 24.3 Å². The van der Waals surface area contributed by atoms with Crippen LogP contribution >= 0.6 is 0 Å². The lowest BCUT2D eigenvalue weighted by molar-refractivity contribution is 1.13. The summed E-state index contributed by atoms with van der Waals surface area (Å²) in [5, 5.41) is 11.6. The molecule has 0 radical (unpaired) electrons. The fraction of sp³-hybridized carbons (Fsp3) is 0. The van der Waals surface area contributed by atoms with Gasteiger partial charge in [0.25, 0.3) is 0 Å². The van der Waals surface area contributed by atoms with Gasteiger partial charge in [0.05, 0.1) is 62.1 Å². The molecule has 0 fully saturated rings. The number of benzene rings is 18. The Balaban J connectivity index is 0.760. The summed E-state index contributed by atoms with van der Waals surface area (Å²) in [5.41, 5.74) is 33.7. The average molecular weight is 1500 g/mol. The van der Waals surface area contributed by atoms with Gasteiger partial charge in [-0.3, -0.25) is 0 Å². The molecule has 24 rings (SSSR count). The molecule has 0 atom stereocenters. The van der Waals surface area contributed by atoms with E-state index in [4.69, 9.17) is 16.5 Å². The molecule has 0 bridgehead atoms. The molecule has 23 aromatic rings. The van der Waals surface area contributed by atoms with Crippen molar-refractivity contribution in [2.75, 3.05) is 0 Å². The molecule has 18 aromatic carbocycles. The van der Waals surface area contributed by atoms with Gasteiger partial charge in [0.2, 0.25) is 0 Å². The third kappa shape index (κ3) is 10.6. The molecule has 118 heavy (non-hydrogen) atoms. The van der Waals surface area contributed by atoms with Gasteiger partial charge in [-0.2, -0.15) is 0 Å². The molecule has 5 heterocycles. The van der Waals surface area contributed by atoms with Crippen molar-refractivity contribution < 1.29 is 0 Å². The standard InChI is InChI=1S/C111H67N7/c1-112-84-34-20-33-82(57-84)111-113-109(108-89-39-21-31-73-32-22-40-90(107(73)89)110(108)114-111)83-58-87(117-103-51-43-76(71-27-12-4-13-28-71)62-93(103)97-66-80(47-55-105(97)117)78-45-53-101-95(64-78)91-60-74(69-23-8-2-9-24-69)41-49-99(91)115(101)85-35-16-6-17-36-85)68-88(59-83)118-104-52-44-77(72-29-14-5-15-30-72)63-94(104)98-67-81(48-56-106(98)118)79-46-54-102-96(65-79)92-61-75(70-25-10-3-11-26-70)42-50-100(92)116(102)86-37-18-7-19-38-86/h2-68H. The summed E-state index contributed by atoms with van der Waals surface area (Å²) in [7, 11) is 0. The van der Waals surface area contributed by atoms with E-state index in [-0.39, 0.29) is 0 Å². The van der Waals surface area contributed by atoms with Crippen LogP contribution < -0.4 is 0 Å². The molecule has 0 amide bonds. The van der Waals surface area contributed by atoms with Crippen LogP contribution in [0, 0.1) is 6.57 Å². The first kappa shape index (κ1) is 66.6. The van der Waals surface area contributed by atoms with E-state index in [1.165, 1.54) is 43.8 Å². The Bertz CT molecular complexity index is 7760. The van der Waals surface area contributed by atoms with Crippen molar-refractivity contribution in [1.82, 2.24) is 28.2 Å². The third-order valence-electron chi connectivity index (χ3n) is 24.4. The summed E-state index contributed by atoms with van der Waals surface area (Å²) in [6.07, 6.45) is 0. The quantitative estimate of drug-likeness (QED) is 0.114.